The molecule has 3 heteroatoms. The number of hydrogen-bond donors (Lipinski definition) is 1. The summed E-state index contributed by atoms with van der Waals surface area (Å²) >= 11 is 1.49. The fraction of sp³-hybridized carbons (Fsp3) is 0.421. The van der Waals surface area contributed by atoms with Crippen LogP contribution in [0.25, 0.3) is 0 Å². The molecule has 0 aliphatic rings. The Morgan fingerprint density at radius 2 is 1.91 bits per heavy atom. The van der Waals surface area contributed by atoms with E-state index in [4.69, 9.17) is 0 Å². The molecule has 2 nitrogen and oxygen atoms in total. The van der Waals surface area contributed by atoms with Crippen molar-refractivity contribution >= 4 is 22.9 Å². The van der Waals surface area contributed by atoms with Gasteiger partial charge >= 0.3 is 0 Å². The molecule has 0 saturated heterocycles. The summed E-state index contributed by atoms with van der Waals surface area (Å²) in [5.74, 6) is 0.392. The Labute approximate surface area is 137 Å². The standard InChI is InChI=1S/C19H25NOS/c1-13-10-11-22-17(13)18(21)20-16-9-7-6-8-15(16)14(2)12-19(3,4)5/h6-11,14H,12H2,1-5H3,(H,20,21). The zero-order chi connectivity index (χ0) is 16.3. The van der Waals surface area contributed by atoms with Gasteiger partial charge in [0.05, 0.1) is 4.88 Å². The molecule has 118 valence electrons. The topological polar surface area (TPSA) is 29.1 Å². The minimum atomic E-state index is -0.0112. The Kier molecular flexibility index (Phi) is 5.07. The summed E-state index contributed by atoms with van der Waals surface area (Å²) < 4.78 is 0. The van der Waals surface area contributed by atoms with Crippen LogP contribution in [0.2, 0.25) is 0 Å². The van der Waals surface area contributed by atoms with Crippen LogP contribution < -0.4 is 5.32 Å². The summed E-state index contributed by atoms with van der Waals surface area (Å²) in [7, 11) is 0. The van der Waals surface area contributed by atoms with E-state index in [-0.39, 0.29) is 11.3 Å². The van der Waals surface area contributed by atoms with Crippen LogP contribution in [0, 0.1) is 12.3 Å². The van der Waals surface area contributed by atoms with Crippen molar-refractivity contribution in [2.24, 2.45) is 5.41 Å². The van der Waals surface area contributed by atoms with E-state index in [9.17, 15) is 4.79 Å². The number of para-hydroxylation sites is 1. The lowest BCUT2D eigenvalue weighted by molar-refractivity contribution is 0.103. The fourth-order valence-electron chi connectivity index (χ4n) is 2.85. The van der Waals surface area contributed by atoms with Crippen molar-refractivity contribution in [2.75, 3.05) is 5.32 Å². The van der Waals surface area contributed by atoms with Gasteiger partial charge in [-0.25, -0.2) is 0 Å². The van der Waals surface area contributed by atoms with Crippen LogP contribution in [0.4, 0.5) is 5.69 Å². The Morgan fingerprint density at radius 3 is 2.50 bits per heavy atom. The molecule has 0 bridgehead atoms. The Morgan fingerprint density at radius 1 is 1.23 bits per heavy atom. The SMILES string of the molecule is Cc1ccsc1C(=O)Nc1ccccc1C(C)CC(C)(C)C. The minimum Gasteiger partial charge on any atom is -0.321 e. The van der Waals surface area contributed by atoms with Gasteiger partial charge in [-0.3, -0.25) is 4.79 Å². The third kappa shape index (κ3) is 4.20. The summed E-state index contributed by atoms with van der Waals surface area (Å²) in [6, 6.07) is 10.1. The monoisotopic (exact) mass is 315 g/mol. The van der Waals surface area contributed by atoms with Crippen LogP contribution in [0.5, 0.6) is 0 Å². The molecule has 1 heterocycles. The molecule has 1 unspecified atom stereocenters. The largest absolute Gasteiger partial charge is 0.321 e. The van der Waals surface area contributed by atoms with Crippen LogP contribution in [0.15, 0.2) is 35.7 Å². The average molecular weight is 315 g/mol. The number of anilines is 1. The molecular weight excluding hydrogens is 290 g/mol. The van der Waals surface area contributed by atoms with Crippen molar-refractivity contribution in [1.82, 2.24) is 0 Å². The zero-order valence-corrected chi connectivity index (χ0v) is 14.9. The number of aryl methyl sites for hydroxylation is 1. The van der Waals surface area contributed by atoms with Gasteiger partial charge in [-0.05, 0) is 53.3 Å². The number of hydrogen-bond acceptors (Lipinski definition) is 2. The van der Waals surface area contributed by atoms with Crippen LogP contribution in [0.1, 0.15) is 60.8 Å². The van der Waals surface area contributed by atoms with E-state index in [1.54, 1.807) is 0 Å². The summed E-state index contributed by atoms with van der Waals surface area (Å²) in [4.78, 5) is 13.2. The van der Waals surface area contributed by atoms with Crippen molar-refractivity contribution < 1.29 is 4.79 Å². The maximum Gasteiger partial charge on any atom is 0.266 e. The molecule has 0 spiro atoms. The Bertz CT molecular complexity index is 651. The van der Waals surface area contributed by atoms with E-state index in [1.807, 2.05) is 36.6 Å². The number of nitrogens with one attached hydrogen (secondary N) is 1. The van der Waals surface area contributed by atoms with Gasteiger partial charge in [-0.2, -0.15) is 0 Å². The number of benzene rings is 1. The van der Waals surface area contributed by atoms with Gasteiger partial charge in [-0.1, -0.05) is 45.9 Å². The minimum absolute atomic E-state index is 0.0112. The molecule has 0 fully saturated rings. The Hall–Kier alpha value is -1.61. The molecule has 1 N–H and O–H groups in total. The smallest absolute Gasteiger partial charge is 0.266 e. The summed E-state index contributed by atoms with van der Waals surface area (Å²) in [6.45, 7) is 10.9. The summed E-state index contributed by atoms with van der Waals surface area (Å²) in [5, 5.41) is 5.05. The van der Waals surface area contributed by atoms with E-state index < -0.39 is 0 Å². The first-order chi connectivity index (χ1) is 10.3. The maximum absolute atomic E-state index is 12.5. The highest BCUT2D eigenvalue weighted by Crippen LogP contribution is 2.34. The molecule has 0 radical (unpaired) electrons. The van der Waals surface area contributed by atoms with Crippen molar-refractivity contribution in [3.63, 3.8) is 0 Å². The lowest BCUT2D eigenvalue weighted by Crippen LogP contribution is -2.15. The zero-order valence-electron chi connectivity index (χ0n) is 14.1. The van der Waals surface area contributed by atoms with Gasteiger partial charge < -0.3 is 5.32 Å². The lowest BCUT2D eigenvalue weighted by atomic mass is 9.82. The number of amides is 1. The molecule has 0 aliphatic carbocycles. The molecule has 0 aliphatic heterocycles. The second kappa shape index (κ2) is 6.66. The summed E-state index contributed by atoms with van der Waals surface area (Å²) in [6.07, 6.45) is 1.08. The van der Waals surface area contributed by atoms with Gasteiger partial charge in [0, 0.05) is 5.69 Å². The number of carbonyl (C=O) groups is 1. The number of thiophene rings is 1. The average Bonchev–Trinajstić information content (AvgIpc) is 2.83. The first-order valence-corrected chi connectivity index (χ1v) is 8.60. The van der Waals surface area contributed by atoms with Crippen LogP contribution >= 0.6 is 11.3 Å². The summed E-state index contributed by atoms with van der Waals surface area (Å²) in [5.41, 5.74) is 3.43. The van der Waals surface area contributed by atoms with E-state index >= 15 is 0 Å². The first-order valence-electron chi connectivity index (χ1n) is 7.72. The molecule has 1 amide bonds. The molecular formula is C19H25NOS. The highest BCUT2D eigenvalue weighted by atomic mass is 32.1. The van der Waals surface area contributed by atoms with Gasteiger partial charge in [0.25, 0.3) is 5.91 Å². The lowest BCUT2D eigenvalue weighted by Gasteiger charge is -2.25. The number of rotatable bonds is 4. The van der Waals surface area contributed by atoms with Crippen LogP contribution in [-0.2, 0) is 0 Å². The second-order valence-electron chi connectivity index (χ2n) is 7.14. The van der Waals surface area contributed by atoms with Gasteiger partial charge in [0.15, 0.2) is 0 Å². The molecule has 22 heavy (non-hydrogen) atoms. The highest BCUT2D eigenvalue weighted by Gasteiger charge is 2.20. The fourth-order valence-corrected chi connectivity index (χ4v) is 3.67. The predicted octanol–water partition coefficient (Wildman–Crippen LogP) is 5.85. The van der Waals surface area contributed by atoms with Crippen molar-refractivity contribution in [1.29, 1.82) is 0 Å². The number of carbonyl (C=O) groups excluding carboxylic acids is 1. The van der Waals surface area contributed by atoms with Gasteiger partial charge in [0.1, 0.15) is 0 Å². The molecule has 2 aromatic rings. The molecule has 1 aromatic carbocycles. The van der Waals surface area contributed by atoms with Gasteiger partial charge in [0.2, 0.25) is 0 Å². The third-order valence-corrected chi connectivity index (χ3v) is 4.74. The Balaban J connectivity index is 2.22. The molecule has 2 rings (SSSR count). The van der Waals surface area contributed by atoms with E-state index in [0.29, 0.717) is 5.92 Å². The van der Waals surface area contributed by atoms with Crippen LogP contribution in [0.3, 0.4) is 0 Å². The van der Waals surface area contributed by atoms with E-state index in [1.165, 1.54) is 16.9 Å². The van der Waals surface area contributed by atoms with Crippen molar-refractivity contribution in [2.45, 2.75) is 47.0 Å². The highest BCUT2D eigenvalue weighted by molar-refractivity contribution is 7.12. The molecule has 1 aromatic heterocycles. The molecule has 1 atom stereocenters. The second-order valence-corrected chi connectivity index (χ2v) is 8.06. The third-order valence-electron chi connectivity index (χ3n) is 3.73. The quantitative estimate of drug-likeness (QED) is 0.753. The van der Waals surface area contributed by atoms with Crippen LogP contribution in [-0.4, -0.2) is 5.91 Å². The van der Waals surface area contributed by atoms with E-state index in [0.717, 1.165) is 22.5 Å². The predicted molar refractivity (Wildman–Crippen MR) is 95.9 cm³/mol. The normalized spacial score (nSPS) is 13.0. The van der Waals surface area contributed by atoms with E-state index in [2.05, 4.69) is 39.1 Å². The first kappa shape index (κ1) is 16.8. The van der Waals surface area contributed by atoms with Gasteiger partial charge in [-0.15, -0.1) is 11.3 Å². The maximum atomic E-state index is 12.5. The molecule has 0 saturated carbocycles. The van der Waals surface area contributed by atoms with Crippen molar-refractivity contribution in [3.05, 3.63) is 51.7 Å². The van der Waals surface area contributed by atoms with Crippen molar-refractivity contribution in [3.8, 4) is 0 Å².